The number of nitrogens with zero attached hydrogens (tertiary/aromatic N) is 1. The van der Waals surface area contributed by atoms with Crippen LogP contribution < -0.4 is 11.1 Å². The van der Waals surface area contributed by atoms with Gasteiger partial charge < -0.3 is 15.8 Å². The third kappa shape index (κ3) is 2.59. The summed E-state index contributed by atoms with van der Waals surface area (Å²) in [6.07, 6.45) is 2.34. The maximum Gasteiger partial charge on any atom is 0.254 e. The molecule has 18 heavy (non-hydrogen) atoms. The molecule has 98 valence electrons. The molecule has 0 spiro atoms. The highest BCUT2D eigenvalue weighted by atomic mass is 19.1. The van der Waals surface area contributed by atoms with E-state index in [2.05, 4.69) is 10.3 Å². The molecule has 1 fully saturated rings. The summed E-state index contributed by atoms with van der Waals surface area (Å²) < 4.78 is 18.9. The van der Waals surface area contributed by atoms with E-state index < -0.39 is 11.7 Å². The van der Waals surface area contributed by atoms with Crippen molar-refractivity contribution < 1.29 is 13.9 Å². The average Bonchev–Trinajstić information content (AvgIpc) is 2.75. The topological polar surface area (TPSA) is 77.2 Å². The summed E-state index contributed by atoms with van der Waals surface area (Å²) >= 11 is 0. The minimum Gasteiger partial charge on any atom is -0.381 e. The number of carbonyl (C=O) groups is 1. The Bertz CT molecular complexity index is 453. The molecule has 2 rings (SSSR count). The van der Waals surface area contributed by atoms with Crippen LogP contribution >= 0.6 is 0 Å². The number of ether oxygens (including phenoxy) is 1. The van der Waals surface area contributed by atoms with E-state index in [1.165, 1.54) is 12.3 Å². The number of nitrogen functional groups attached to an aromatic ring is 1. The van der Waals surface area contributed by atoms with E-state index in [0.717, 1.165) is 6.42 Å². The molecule has 3 N–H and O–H groups in total. The highest BCUT2D eigenvalue weighted by molar-refractivity contribution is 5.95. The molecule has 1 aliphatic heterocycles. The van der Waals surface area contributed by atoms with E-state index in [-0.39, 0.29) is 23.4 Å². The van der Waals surface area contributed by atoms with Gasteiger partial charge in [-0.15, -0.1) is 0 Å². The van der Waals surface area contributed by atoms with Gasteiger partial charge in [-0.05, 0) is 19.4 Å². The van der Waals surface area contributed by atoms with Crippen molar-refractivity contribution in [3.05, 3.63) is 23.6 Å². The van der Waals surface area contributed by atoms with Gasteiger partial charge in [-0.2, -0.15) is 0 Å². The SMILES string of the molecule is CC1OCCC1CNC(=O)c1ccnc(N)c1F. The molecule has 2 atom stereocenters. The Morgan fingerprint density at radius 1 is 1.72 bits per heavy atom. The van der Waals surface area contributed by atoms with E-state index in [9.17, 15) is 9.18 Å². The molecule has 0 aromatic carbocycles. The normalized spacial score (nSPS) is 23.0. The Labute approximate surface area is 105 Å². The van der Waals surface area contributed by atoms with E-state index in [1.807, 2.05) is 6.92 Å². The number of rotatable bonds is 3. The van der Waals surface area contributed by atoms with Crippen LogP contribution in [0, 0.1) is 11.7 Å². The molecule has 1 aromatic rings. The van der Waals surface area contributed by atoms with E-state index >= 15 is 0 Å². The Balaban J connectivity index is 1.97. The third-order valence-corrected chi connectivity index (χ3v) is 3.22. The number of aromatic nitrogens is 1. The summed E-state index contributed by atoms with van der Waals surface area (Å²) in [6.45, 7) is 3.15. The monoisotopic (exact) mass is 253 g/mol. The largest absolute Gasteiger partial charge is 0.381 e. The highest BCUT2D eigenvalue weighted by Crippen LogP contribution is 2.19. The lowest BCUT2D eigenvalue weighted by atomic mass is 10.0. The van der Waals surface area contributed by atoms with Crippen molar-refractivity contribution in [2.45, 2.75) is 19.4 Å². The van der Waals surface area contributed by atoms with Gasteiger partial charge in [-0.3, -0.25) is 4.79 Å². The molecule has 1 amide bonds. The quantitative estimate of drug-likeness (QED) is 0.841. The van der Waals surface area contributed by atoms with Gasteiger partial charge >= 0.3 is 0 Å². The number of pyridine rings is 1. The van der Waals surface area contributed by atoms with E-state index in [0.29, 0.717) is 13.2 Å². The van der Waals surface area contributed by atoms with E-state index in [1.54, 1.807) is 0 Å². The summed E-state index contributed by atoms with van der Waals surface area (Å²) in [4.78, 5) is 15.4. The minimum atomic E-state index is -0.772. The number of nitrogens with one attached hydrogen (secondary N) is 1. The van der Waals surface area contributed by atoms with Crippen LogP contribution in [0.4, 0.5) is 10.2 Å². The van der Waals surface area contributed by atoms with Crippen molar-refractivity contribution in [3.63, 3.8) is 0 Å². The second-order valence-corrected chi connectivity index (χ2v) is 4.39. The van der Waals surface area contributed by atoms with Gasteiger partial charge in [0, 0.05) is 25.3 Å². The minimum absolute atomic E-state index is 0.0749. The van der Waals surface area contributed by atoms with Crippen LogP contribution in [0.2, 0.25) is 0 Å². The summed E-state index contributed by atoms with van der Waals surface area (Å²) in [5, 5.41) is 2.70. The summed E-state index contributed by atoms with van der Waals surface area (Å²) in [7, 11) is 0. The lowest BCUT2D eigenvalue weighted by molar-refractivity contribution is 0.0904. The fourth-order valence-electron chi connectivity index (χ4n) is 2.00. The maximum atomic E-state index is 13.6. The lowest BCUT2D eigenvalue weighted by Crippen LogP contribution is -2.32. The molecule has 0 bridgehead atoms. The smallest absolute Gasteiger partial charge is 0.254 e. The average molecular weight is 253 g/mol. The molecule has 5 nitrogen and oxygen atoms in total. The molecule has 2 unspecified atom stereocenters. The van der Waals surface area contributed by atoms with Crippen LogP contribution in [-0.4, -0.2) is 30.1 Å². The molecule has 1 aliphatic rings. The van der Waals surface area contributed by atoms with Crippen molar-refractivity contribution >= 4 is 11.7 Å². The van der Waals surface area contributed by atoms with Gasteiger partial charge in [0.15, 0.2) is 11.6 Å². The molecule has 1 aromatic heterocycles. The number of halogens is 1. The predicted molar refractivity (Wildman–Crippen MR) is 64.5 cm³/mol. The molecule has 6 heteroatoms. The first-order valence-electron chi connectivity index (χ1n) is 5.89. The molecule has 1 saturated heterocycles. The fraction of sp³-hybridized carbons (Fsp3) is 0.500. The zero-order valence-electron chi connectivity index (χ0n) is 10.1. The van der Waals surface area contributed by atoms with Crippen molar-refractivity contribution in [2.24, 2.45) is 5.92 Å². The highest BCUT2D eigenvalue weighted by Gasteiger charge is 2.25. The Kier molecular flexibility index (Phi) is 3.76. The number of hydrogen-bond donors (Lipinski definition) is 2. The summed E-state index contributed by atoms with van der Waals surface area (Å²) in [6, 6.07) is 1.32. The molecule has 0 radical (unpaired) electrons. The van der Waals surface area contributed by atoms with Crippen molar-refractivity contribution in [3.8, 4) is 0 Å². The van der Waals surface area contributed by atoms with Crippen LogP contribution in [0.5, 0.6) is 0 Å². The first kappa shape index (κ1) is 12.8. The predicted octanol–water partition coefficient (Wildman–Crippen LogP) is 0.958. The summed E-state index contributed by atoms with van der Waals surface area (Å²) in [5.74, 6) is -1.23. The van der Waals surface area contributed by atoms with Crippen LogP contribution in [0.15, 0.2) is 12.3 Å². The molecule has 0 aliphatic carbocycles. The van der Waals surface area contributed by atoms with Gasteiger partial charge in [-0.25, -0.2) is 9.37 Å². The van der Waals surface area contributed by atoms with Crippen LogP contribution in [-0.2, 0) is 4.74 Å². The zero-order valence-corrected chi connectivity index (χ0v) is 10.1. The van der Waals surface area contributed by atoms with Crippen LogP contribution in [0.25, 0.3) is 0 Å². The zero-order chi connectivity index (χ0) is 13.1. The van der Waals surface area contributed by atoms with Gasteiger partial charge in [0.2, 0.25) is 0 Å². The number of anilines is 1. The Hall–Kier alpha value is -1.69. The first-order chi connectivity index (χ1) is 8.59. The molecule has 2 heterocycles. The second-order valence-electron chi connectivity index (χ2n) is 4.39. The Morgan fingerprint density at radius 2 is 2.50 bits per heavy atom. The fourth-order valence-corrected chi connectivity index (χ4v) is 2.00. The summed E-state index contributed by atoms with van der Waals surface area (Å²) in [5.41, 5.74) is 5.24. The molecular formula is C12H16FN3O2. The third-order valence-electron chi connectivity index (χ3n) is 3.22. The van der Waals surface area contributed by atoms with Gasteiger partial charge in [0.1, 0.15) is 0 Å². The molecule has 0 saturated carbocycles. The second kappa shape index (κ2) is 5.30. The standard InChI is InChI=1S/C12H16FN3O2/c1-7-8(3-5-18-7)6-16-12(17)9-2-4-15-11(14)10(9)13/h2,4,7-8H,3,5-6H2,1H3,(H2,14,15)(H,16,17). The number of hydrogen-bond acceptors (Lipinski definition) is 4. The lowest BCUT2D eigenvalue weighted by Gasteiger charge is -2.14. The van der Waals surface area contributed by atoms with Crippen LogP contribution in [0.3, 0.4) is 0 Å². The number of nitrogens with two attached hydrogens (primary N) is 1. The first-order valence-corrected chi connectivity index (χ1v) is 5.89. The van der Waals surface area contributed by atoms with Crippen LogP contribution in [0.1, 0.15) is 23.7 Å². The van der Waals surface area contributed by atoms with Gasteiger partial charge in [-0.1, -0.05) is 0 Å². The van der Waals surface area contributed by atoms with Crippen molar-refractivity contribution in [2.75, 3.05) is 18.9 Å². The molecular weight excluding hydrogens is 237 g/mol. The van der Waals surface area contributed by atoms with Gasteiger partial charge in [0.05, 0.1) is 11.7 Å². The van der Waals surface area contributed by atoms with E-state index in [4.69, 9.17) is 10.5 Å². The van der Waals surface area contributed by atoms with Crippen molar-refractivity contribution in [1.82, 2.24) is 10.3 Å². The number of amides is 1. The Morgan fingerprint density at radius 3 is 3.17 bits per heavy atom. The maximum absolute atomic E-state index is 13.6. The van der Waals surface area contributed by atoms with Gasteiger partial charge in [0.25, 0.3) is 5.91 Å². The van der Waals surface area contributed by atoms with Crippen molar-refractivity contribution in [1.29, 1.82) is 0 Å². The number of carbonyl (C=O) groups excluding carboxylic acids is 1.